The Morgan fingerprint density at radius 2 is 1.71 bits per heavy atom. The van der Waals surface area contributed by atoms with Crippen LogP contribution in [0.5, 0.6) is 0 Å². The largest absolute Gasteiger partial charge is 0.397 e. The molecule has 3 heteroatoms. The van der Waals surface area contributed by atoms with Gasteiger partial charge in [0.05, 0.1) is 11.4 Å². The first-order chi connectivity index (χ1) is 8.31. The van der Waals surface area contributed by atoms with Crippen LogP contribution in [0.3, 0.4) is 0 Å². The Kier molecular flexibility index (Phi) is 3.50. The first-order valence-electron chi connectivity index (χ1n) is 5.65. The van der Waals surface area contributed by atoms with Gasteiger partial charge in [-0.15, -0.1) is 5.11 Å². The minimum absolute atomic E-state index is 0.717. The molecule has 0 aromatic heterocycles. The van der Waals surface area contributed by atoms with Gasteiger partial charge in [0.25, 0.3) is 0 Å². The van der Waals surface area contributed by atoms with Gasteiger partial charge in [-0.05, 0) is 30.2 Å². The molecule has 0 saturated carbocycles. The Morgan fingerprint density at radius 3 is 2.41 bits per heavy atom. The summed E-state index contributed by atoms with van der Waals surface area (Å²) in [5.74, 6) is 0. The van der Waals surface area contributed by atoms with Gasteiger partial charge in [-0.2, -0.15) is 5.11 Å². The van der Waals surface area contributed by atoms with E-state index < -0.39 is 0 Å². The molecule has 0 unspecified atom stereocenters. The molecule has 2 aromatic carbocycles. The maximum Gasteiger partial charge on any atom is 0.109 e. The van der Waals surface area contributed by atoms with Crippen molar-refractivity contribution in [3.05, 3.63) is 54.1 Å². The number of rotatable bonds is 3. The molecular formula is C14H15N3. The zero-order valence-electron chi connectivity index (χ0n) is 9.80. The molecule has 17 heavy (non-hydrogen) atoms. The number of para-hydroxylation sites is 1. The Labute approximate surface area is 101 Å². The number of nitrogen functional groups attached to an aromatic ring is 1. The van der Waals surface area contributed by atoms with Crippen molar-refractivity contribution in [2.24, 2.45) is 10.2 Å². The molecule has 86 valence electrons. The fourth-order valence-electron chi connectivity index (χ4n) is 1.60. The van der Waals surface area contributed by atoms with Gasteiger partial charge in [0.1, 0.15) is 5.69 Å². The highest BCUT2D eigenvalue weighted by atomic mass is 15.1. The van der Waals surface area contributed by atoms with E-state index in [1.807, 2.05) is 48.5 Å². The highest BCUT2D eigenvalue weighted by Gasteiger charge is 2.01. The minimum atomic E-state index is 0.717. The number of nitrogens with two attached hydrogens (primary N) is 1. The zero-order chi connectivity index (χ0) is 12.1. The van der Waals surface area contributed by atoms with Gasteiger partial charge in [-0.3, -0.25) is 0 Å². The van der Waals surface area contributed by atoms with Crippen LogP contribution in [0.15, 0.2) is 58.8 Å². The van der Waals surface area contributed by atoms with E-state index in [-0.39, 0.29) is 0 Å². The molecule has 0 radical (unpaired) electrons. The van der Waals surface area contributed by atoms with Crippen molar-refractivity contribution < 1.29 is 0 Å². The Hall–Kier alpha value is -2.16. The van der Waals surface area contributed by atoms with E-state index in [1.165, 1.54) is 0 Å². The van der Waals surface area contributed by atoms with Crippen molar-refractivity contribution in [1.82, 2.24) is 0 Å². The Bertz CT molecular complexity index is 518. The van der Waals surface area contributed by atoms with Crippen molar-refractivity contribution in [2.45, 2.75) is 13.3 Å². The third-order valence-electron chi connectivity index (χ3n) is 2.58. The van der Waals surface area contributed by atoms with Crippen molar-refractivity contribution in [3.8, 4) is 0 Å². The molecule has 0 aliphatic carbocycles. The SMILES string of the molecule is CCc1cccc(/N=N/c2ccccc2)c1N. The number of hydrogen-bond donors (Lipinski definition) is 1. The smallest absolute Gasteiger partial charge is 0.109 e. The molecule has 0 spiro atoms. The van der Waals surface area contributed by atoms with Gasteiger partial charge < -0.3 is 5.73 Å². The van der Waals surface area contributed by atoms with Crippen LogP contribution in [0.25, 0.3) is 0 Å². The summed E-state index contributed by atoms with van der Waals surface area (Å²) in [6.07, 6.45) is 0.903. The molecular weight excluding hydrogens is 210 g/mol. The number of anilines is 1. The summed E-state index contributed by atoms with van der Waals surface area (Å²) in [5.41, 5.74) is 9.38. The summed E-state index contributed by atoms with van der Waals surface area (Å²) in [4.78, 5) is 0. The number of azo groups is 1. The number of aryl methyl sites for hydroxylation is 1. The van der Waals surface area contributed by atoms with Gasteiger partial charge in [-0.25, -0.2) is 0 Å². The zero-order valence-corrected chi connectivity index (χ0v) is 9.80. The third kappa shape index (κ3) is 2.69. The predicted molar refractivity (Wildman–Crippen MR) is 70.9 cm³/mol. The van der Waals surface area contributed by atoms with Gasteiger partial charge >= 0.3 is 0 Å². The van der Waals surface area contributed by atoms with Crippen LogP contribution in [0.1, 0.15) is 12.5 Å². The standard InChI is InChI=1S/C14H15N3/c1-2-11-7-6-10-13(14(11)15)17-16-12-8-4-3-5-9-12/h3-10H,2,15H2,1H3/b17-16+. The van der Waals surface area contributed by atoms with Crippen molar-refractivity contribution >= 4 is 17.1 Å². The maximum absolute atomic E-state index is 6.00. The van der Waals surface area contributed by atoms with E-state index in [4.69, 9.17) is 5.73 Å². The Balaban J connectivity index is 2.28. The lowest BCUT2D eigenvalue weighted by molar-refractivity contribution is 1.13. The van der Waals surface area contributed by atoms with E-state index in [9.17, 15) is 0 Å². The molecule has 0 amide bonds. The van der Waals surface area contributed by atoms with Crippen LogP contribution in [-0.2, 0) is 6.42 Å². The number of hydrogen-bond acceptors (Lipinski definition) is 3. The van der Waals surface area contributed by atoms with Gasteiger partial charge in [0, 0.05) is 0 Å². The molecule has 0 aliphatic heterocycles. The van der Waals surface area contributed by atoms with E-state index >= 15 is 0 Å². The van der Waals surface area contributed by atoms with Gasteiger partial charge in [-0.1, -0.05) is 37.3 Å². The summed E-state index contributed by atoms with van der Waals surface area (Å²) < 4.78 is 0. The van der Waals surface area contributed by atoms with E-state index in [0.717, 1.165) is 29.0 Å². The first-order valence-corrected chi connectivity index (χ1v) is 5.65. The molecule has 2 rings (SSSR count). The lowest BCUT2D eigenvalue weighted by atomic mass is 10.1. The fourth-order valence-corrected chi connectivity index (χ4v) is 1.60. The Morgan fingerprint density at radius 1 is 0.941 bits per heavy atom. The third-order valence-corrected chi connectivity index (χ3v) is 2.58. The maximum atomic E-state index is 6.00. The van der Waals surface area contributed by atoms with Crippen LogP contribution in [0.4, 0.5) is 17.1 Å². The van der Waals surface area contributed by atoms with E-state index in [2.05, 4.69) is 17.2 Å². The lowest BCUT2D eigenvalue weighted by Crippen LogP contribution is -1.92. The van der Waals surface area contributed by atoms with Crippen LogP contribution < -0.4 is 5.73 Å². The summed E-state index contributed by atoms with van der Waals surface area (Å²) in [5, 5.41) is 8.34. The molecule has 2 aromatic rings. The van der Waals surface area contributed by atoms with Crippen LogP contribution in [0.2, 0.25) is 0 Å². The van der Waals surface area contributed by atoms with Crippen LogP contribution in [0, 0.1) is 0 Å². The summed E-state index contributed by atoms with van der Waals surface area (Å²) in [7, 11) is 0. The topological polar surface area (TPSA) is 50.7 Å². The number of nitrogens with zero attached hydrogens (tertiary/aromatic N) is 2. The average Bonchev–Trinajstić information content (AvgIpc) is 2.39. The minimum Gasteiger partial charge on any atom is -0.397 e. The van der Waals surface area contributed by atoms with Crippen molar-refractivity contribution in [1.29, 1.82) is 0 Å². The molecule has 3 nitrogen and oxygen atoms in total. The molecule has 2 N–H and O–H groups in total. The lowest BCUT2D eigenvalue weighted by Gasteiger charge is -2.04. The fraction of sp³-hybridized carbons (Fsp3) is 0.143. The molecule has 0 fully saturated rings. The predicted octanol–water partition coefficient (Wildman–Crippen LogP) is 4.25. The van der Waals surface area contributed by atoms with Gasteiger partial charge in [0.15, 0.2) is 0 Å². The summed E-state index contributed by atoms with van der Waals surface area (Å²) in [6.45, 7) is 2.07. The normalized spacial score (nSPS) is 10.9. The molecule has 0 bridgehead atoms. The monoisotopic (exact) mass is 225 g/mol. The second-order valence-corrected chi connectivity index (χ2v) is 3.74. The second-order valence-electron chi connectivity index (χ2n) is 3.74. The summed E-state index contributed by atoms with van der Waals surface area (Å²) in [6, 6.07) is 15.5. The van der Waals surface area contributed by atoms with Gasteiger partial charge in [0.2, 0.25) is 0 Å². The van der Waals surface area contributed by atoms with Crippen LogP contribution >= 0.6 is 0 Å². The molecule has 0 aliphatic rings. The quantitative estimate of drug-likeness (QED) is 0.616. The highest BCUT2D eigenvalue weighted by molar-refractivity contribution is 5.66. The van der Waals surface area contributed by atoms with Crippen LogP contribution in [-0.4, -0.2) is 0 Å². The average molecular weight is 225 g/mol. The second kappa shape index (κ2) is 5.25. The van der Waals surface area contributed by atoms with E-state index in [1.54, 1.807) is 0 Å². The molecule has 0 heterocycles. The number of benzene rings is 2. The highest BCUT2D eigenvalue weighted by Crippen LogP contribution is 2.27. The molecule has 0 atom stereocenters. The molecule has 0 saturated heterocycles. The van der Waals surface area contributed by atoms with Crippen molar-refractivity contribution in [3.63, 3.8) is 0 Å². The van der Waals surface area contributed by atoms with E-state index in [0.29, 0.717) is 0 Å². The summed E-state index contributed by atoms with van der Waals surface area (Å²) >= 11 is 0. The first kappa shape index (κ1) is 11.3. The van der Waals surface area contributed by atoms with Crippen molar-refractivity contribution in [2.75, 3.05) is 5.73 Å².